The molecular formula is C25H18F2N2OS. The fourth-order valence-electron chi connectivity index (χ4n) is 3.47. The van der Waals surface area contributed by atoms with Crippen LogP contribution in [0.1, 0.15) is 27.2 Å². The number of amides is 1. The SMILES string of the molecule is N#CCCNC(=O)c1cccc(-c2cccc3sc(Cc4ccc(F)c(F)c4)cc23)c1. The molecule has 31 heavy (non-hydrogen) atoms. The number of carbonyl (C=O) groups is 1. The van der Waals surface area contributed by atoms with E-state index in [2.05, 4.69) is 11.4 Å². The van der Waals surface area contributed by atoms with E-state index in [4.69, 9.17) is 5.26 Å². The highest BCUT2D eigenvalue weighted by molar-refractivity contribution is 7.19. The summed E-state index contributed by atoms with van der Waals surface area (Å²) in [6, 6.07) is 21.4. The van der Waals surface area contributed by atoms with Crippen molar-refractivity contribution in [1.29, 1.82) is 5.26 Å². The number of nitrogens with one attached hydrogen (secondary N) is 1. The van der Waals surface area contributed by atoms with Crippen LogP contribution in [0.25, 0.3) is 21.2 Å². The van der Waals surface area contributed by atoms with E-state index >= 15 is 0 Å². The van der Waals surface area contributed by atoms with Crippen molar-refractivity contribution in [1.82, 2.24) is 5.32 Å². The van der Waals surface area contributed by atoms with Gasteiger partial charge in [-0.25, -0.2) is 8.78 Å². The summed E-state index contributed by atoms with van der Waals surface area (Å²) in [5, 5.41) is 12.4. The highest BCUT2D eigenvalue weighted by Crippen LogP contribution is 2.35. The smallest absolute Gasteiger partial charge is 0.251 e. The van der Waals surface area contributed by atoms with Gasteiger partial charge in [0.2, 0.25) is 0 Å². The molecule has 0 fully saturated rings. The lowest BCUT2D eigenvalue weighted by atomic mass is 9.99. The number of nitriles is 1. The second kappa shape index (κ2) is 9.07. The first-order chi connectivity index (χ1) is 15.0. The zero-order valence-corrected chi connectivity index (χ0v) is 17.3. The van der Waals surface area contributed by atoms with E-state index in [0.717, 1.165) is 32.2 Å². The Morgan fingerprint density at radius 3 is 2.65 bits per heavy atom. The van der Waals surface area contributed by atoms with Crippen molar-refractivity contribution in [2.75, 3.05) is 6.54 Å². The van der Waals surface area contributed by atoms with E-state index in [-0.39, 0.29) is 12.3 Å². The molecule has 1 aromatic heterocycles. The van der Waals surface area contributed by atoms with Crippen molar-refractivity contribution in [3.63, 3.8) is 0 Å². The number of carbonyl (C=O) groups excluding carboxylic acids is 1. The lowest BCUT2D eigenvalue weighted by Crippen LogP contribution is -2.24. The molecule has 0 aliphatic carbocycles. The molecule has 4 aromatic rings. The van der Waals surface area contributed by atoms with Crippen LogP contribution in [0, 0.1) is 23.0 Å². The lowest BCUT2D eigenvalue weighted by molar-refractivity contribution is 0.0954. The molecule has 0 aliphatic rings. The maximum Gasteiger partial charge on any atom is 0.251 e. The van der Waals surface area contributed by atoms with Crippen LogP contribution in [0.15, 0.2) is 66.7 Å². The van der Waals surface area contributed by atoms with Crippen LogP contribution in [0.2, 0.25) is 0 Å². The monoisotopic (exact) mass is 432 g/mol. The minimum atomic E-state index is -0.848. The third kappa shape index (κ3) is 4.62. The standard InChI is InChI=1S/C25H18F2N2OS/c26-22-9-8-16(13-23(22)27)12-19-15-21-20(6-2-7-24(21)31-19)17-4-1-5-18(14-17)25(30)29-11-3-10-28/h1-2,4-9,13-15H,3,11-12H2,(H,29,30). The summed E-state index contributed by atoms with van der Waals surface area (Å²) < 4.78 is 27.8. The molecular weight excluding hydrogens is 414 g/mol. The maximum atomic E-state index is 13.6. The van der Waals surface area contributed by atoms with Gasteiger partial charge in [-0.05, 0) is 53.1 Å². The van der Waals surface area contributed by atoms with E-state index in [9.17, 15) is 13.6 Å². The molecule has 0 saturated heterocycles. The lowest BCUT2D eigenvalue weighted by Gasteiger charge is -2.07. The van der Waals surface area contributed by atoms with Crippen LogP contribution in [0.3, 0.4) is 0 Å². The summed E-state index contributed by atoms with van der Waals surface area (Å²) in [4.78, 5) is 13.4. The molecule has 0 spiro atoms. The zero-order valence-electron chi connectivity index (χ0n) is 16.5. The van der Waals surface area contributed by atoms with Crippen LogP contribution in [-0.4, -0.2) is 12.5 Å². The molecule has 1 amide bonds. The summed E-state index contributed by atoms with van der Waals surface area (Å²) in [6.07, 6.45) is 0.775. The van der Waals surface area contributed by atoms with E-state index in [1.807, 2.05) is 42.5 Å². The van der Waals surface area contributed by atoms with Crippen LogP contribution >= 0.6 is 11.3 Å². The second-order valence-corrected chi connectivity index (χ2v) is 8.27. The van der Waals surface area contributed by atoms with Crippen molar-refractivity contribution in [3.05, 3.63) is 94.4 Å². The number of hydrogen-bond acceptors (Lipinski definition) is 3. The van der Waals surface area contributed by atoms with Gasteiger partial charge in [0.15, 0.2) is 11.6 Å². The number of rotatable bonds is 6. The van der Waals surface area contributed by atoms with Crippen molar-refractivity contribution in [2.24, 2.45) is 0 Å². The molecule has 0 atom stereocenters. The van der Waals surface area contributed by atoms with Gasteiger partial charge in [-0.3, -0.25) is 4.79 Å². The predicted molar refractivity (Wildman–Crippen MR) is 119 cm³/mol. The summed E-state index contributed by atoms with van der Waals surface area (Å²) in [5.41, 5.74) is 3.15. The van der Waals surface area contributed by atoms with Crippen molar-refractivity contribution in [3.8, 4) is 17.2 Å². The van der Waals surface area contributed by atoms with Crippen molar-refractivity contribution < 1.29 is 13.6 Å². The van der Waals surface area contributed by atoms with Crippen LogP contribution in [-0.2, 0) is 6.42 Å². The first-order valence-corrected chi connectivity index (χ1v) is 10.6. The number of hydrogen-bond donors (Lipinski definition) is 1. The van der Waals surface area contributed by atoms with Gasteiger partial charge < -0.3 is 5.32 Å². The number of benzene rings is 3. The fraction of sp³-hybridized carbons (Fsp3) is 0.120. The summed E-state index contributed by atoms with van der Waals surface area (Å²) >= 11 is 1.61. The van der Waals surface area contributed by atoms with Gasteiger partial charge in [-0.2, -0.15) is 5.26 Å². The van der Waals surface area contributed by atoms with E-state index in [0.29, 0.717) is 24.1 Å². The Morgan fingerprint density at radius 2 is 1.84 bits per heavy atom. The van der Waals surface area contributed by atoms with Gasteiger partial charge in [-0.15, -0.1) is 11.3 Å². The van der Waals surface area contributed by atoms with E-state index < -0.39 is 11.6 Å². The minimum Gasteiger partial charge on any atom is -0.351 e. The molecule has 0 bridgehead atoms. The summed E-state index contributed by atoms with van der Waals surface area (Å²) in [7, 11) is 0. The minimum absolute atomic E-state index is 0.214. The first kappa shape index (κ1) is 20.7. The highest BCUT2D eigenvalue weighted by atomic mass is 32.1. The second-order valence-electron chi connectivity index (χ2n) is 7.10. The van der Waals surface area contributed by atoms with Gasteiger partial charge in [0.25, 0.3) is 5.91 Å². The Morgan fingerprint density at radius 1 is 1.00 bits per heavy atom. The zero-order chi connectivity index (χ0) is 21.8. The van der Waals surface area contributed by atoms with Crippen molar-refractivity contribution in [2.45, 2.75) is 12.8 Å². The molecule has 6 heteroatoms. The number of fused-ring (bicyclic) bond motifs is 1. The van der Waals surface area contributed by atoms with Gasteiger partial charge >= 0.3 is 0 Å². The third-order valence-corrected chi connectivity index (χ3v) is 6.03. The summed E-state index contributed by atoms with van der Waals surface area (Å²) in [6.45, 7) is 0.313. The Balaban J connectivity index is 1.64. The Kier molecular flexibility index (Phi) is 6.06. The molecule has 1 heterocycles. The third-order valence-electron chi connectivity index (χ3n) is 4.93. The molecule has 154 valence electrons. The van der Waals surface area contributed by atoms with Crippen LogP contribution in [0.4, 0.5) is 8.78 Å². The Hall–Kier alpha value is -3.56. The first-order valence-electron chi connectivity index (χ1n) is 9.76. The number of halogens is 2. The fourth-order valence-corrected chi connectivity index (χ4v) is 4.59. The molecule has 1 N–H and O–H groups in total. The van der Waals surface area contributed by atoms with Gasteiger partial charge in [0, 0.05) is 33.5 Å². The van der Waals surface area contributed by atoms with Gasteiger partial charge in [0.1, 0.15) is 0 Å². The average Bonchev–Trinajstić information content (AvgIpc) is 3.19. The number of thiophene rings is 1. The highest BCUT2D eigenvalue weighted by Gasteiger charge is 2.12. The molecule has 3 nitrogen and oxygen atoms in total. The molecule has 3 aromatic carbocycles. The quantitative estimate of drug-likeness (QED) is 0.375. The summed E-state index contributed by atoms with van der Waals surface area (Å²) in [5.74, 6) is -1.91. The Labute approximate surface area is 182 Å². The molecule has 0 radical (unpaired) electrons. The topological polar surface area (TPSA) is 52.9 Å². The normalized spacial score (nSPS) is 10.7. The predicted octanol–water partition coefficient (Wildman–Crippen LogP) is 6.08. The van der Waals surface area contributed by atoms with Crippen molar-refractivity contribution >= 4 is 27.3 Å². The Bertz CT molecular complexity index is 1310. The van der Waals surface area contributed by atoms with Gasteiger partial charge in [0.05, 0.1) is 12.5 Å². The molecule has 4 rings (SSSR count). The van der Waals surface area contributed by atoms with Crippen LogP contribution in [0.5, 0.6) is 0 Å². The molecule has 0 saturated carbocycles. The van der Waals surface area contributed by atoms with E-state index in [1.54, 1.807) is 23.5 Å². The van der Waals surface area contributed by atoms with Crippen LogP contribution < -0.4 is 5.32 Å². The molecule has 0 aliphatic heterocycles. The average molecular weight is 432 g/mol. The largest absolute Gasteiger partial charge is 0.351 e. The van der Waals surface area contributed by atoms with Gasteiger partial charge in [-0.1, -0.05) is 30.3 Å². The van der Waals surface area contributed by atoms with E-state index in [1.165, 1.54) is 6.07 Å². The number of nitrogens with zero attached hydrogens (tertiary/aromatic N) is 1. The maximum absolute atomic E-state index is 13.6. The molecule has 0 unspecified atom stereocenters.